The summed E-state index contributed by atoms with van der Waals surface area (Å²) in [6.45, 7) is 2.90. The fourth-order valence-corrected chi connectivity index (χ4v) is 2.06. The van der Waals surface area contributed by atoms with Crippen molar-refractivity contribution in [1.29, 1.82) is 0 Å². The van der Waals surface area contributed by atoms with Gasteiger partial charge in [0.1, 0.15) is 0 Å². The summed E-state index contributed by atoms with van der Waals surface area (Å²) in [5, 5.41) is 17.0. The molecule has 0 saturated carbocycles. The van der Waals surface area contributed by atoms with Gasteiger partial charge in [-0.3, -0.25) is 0 Å². The van der Waals surface area contributed by atoms with Gasteiger partial charge in [-0.15, -0.1) is 0 Å². The Bertz CT molecular complexity index is 267. The van der Waals surface area contributed by atoms with E-state index in [-0.39, 0.29) is 0 Å². The Morgan fingerprint density at radius 2 is 2.35 bits per heavy atom. The first-order valence-electron chi connectivity index (χ1n) is 5.79. The first kappa shape index (κ1) is 14.6. The molecule has 0 aromatic carbocycles. The highest BCUT2D eigenvalue weighted by Gasteiger charge is 2.03. The first-order valence-corrected chi connectivity index (χ1v) is 6.73. The topological polar surface area (TPSA) is 50.7 Å². The van der Waals surface area contributed by atoms with Crippen LogP contribution in [0.4, 0.5) is 0 Å². The van der Waals surface area contributed by atoms with Crippen molar-refractivity contribution in [3.05, 3.63) is 22.4 Å². The summed E-state index contributed by atoms with van der Waals surface area (Å²) in [5.74, 6) is 0. The highest BCUT2D eigenvalue weighted by Crippen LogP contribution is 2.05. The van der Waals surface area contributed by atoms with Crippen molar-refractivity contribution in [2.24, 2.45) is 0 Å². The van der Waals surface area contributed by atoms with Gasteiger partial charge >= 0.3 is 0 Å². The van der Waals surface area contributed by atoms with E-state index in [2.05, 4.69) is 22.1 Å². The van der Waals surface area contributed by atoms with Crippen molar-refractivity contribution in [1.82, 2.24) is 5.32 Å². The van der Waals surface area contributed by atoms with Crippen LogP contribution in [0.15, 0.2) is 16.8 Å². The van der Waals surface area contributed by atoms with Crippen LogP contribution >= 0.6 is 11.3 Å². The third-order valence-electron chi connectivity index (χ3n) is 2.29. The lowest BCUT2D eigenvalue weighted by atomic mass is 10.2. The van der Waals surface area contributed by atoms with Crippen molar-refractivity contribution in [2.45, 2.75) is 12.5 Å². The molecule has 0 aliphatic rings. The van der Waals surface area contributed by atoms with Crippen LogP contribution in [-0.4, -0.2) is 51.2 Å². The number of hydrogen-bond donors (Lipinski definition) is 2. The quantitative estimate of drug-likeness (QED) is 0.613. The molecule has 1 aromatic rings. The molecule has 5 heteroatoms. The average Bonchev–Trinajstić information content (AvgIpc) is 2.83. The Morgan fingerprint density at radius 3 is 3.06 bits per heavy atom. The predicted molar refractivity (Wildman–Crippen MR) is 69.6 cm³/mol. The van der Waals surface area contributed by atoms with Crippen LogP contribution in [0, 0.1) is 0 Å². The van der Waals surface area contributed by atoms with E-state index in [1.807, 2.05) is 0 Å². The van der Waals surface area contributed by atoms with Crippen LogP contribution in [-0.2, 0) is 15.9 Å². The van der Waals surface area contributed by atoms with Gasteiger partial charge in [0.05, 0.1) is 25.9 Å². The Kier molecular flexibility index (Phi) is 8.21. The molecule has 0 bridgehead atoms. The molecule has 1 unspecified atom stereocenters. The normalized spacial score (nSPS) is 12.8. The van der Waals surface area contributed by atoms with Gasteiger partial charge in [-0.05, 0) is 35.4 Å². The van der Waals surface area contributed by atoms with E-state index in [0.29, 0.717) is 26.4 Å². The Balaban J connectivity index is 1.91. The van der Waals surface area contributed by atoms with E-state index in [0.717, 1.165) is 13.0 Å². The molecule has 0 radical (unpaired) electrons. The van der Waals surface area contributed by atoms with Crippen molar-refractivity contribution in [2.75, 3.05) is 40.0 Å². The van der Waals surface area contributed by atoms with E-state index in [9.17, 15) is 5.11 Å². The lowest BCUT2D eigenvalue weighted by molar-refractivity contribution is 0.0139. The maximum absolute atomic E-state index is 9.58. The zero-order valence-corrected chi connectivity index (χ0v) is 11.0. The second-order valence-electron chi connectivity index (χ2n) is 3.81. The minimum atomic E-state index is -0.450. The summed E-state index contributed by atoms with van der Waals surface area (Å²) >= 11 is 1.71. The second-order valence-corrected chi connectivity index (χ2v) is 4.59. The summed E-state index contributed by atoms with van der Waals surface area (Å²) < 4.78 is 10.1. The summed E-state index contributed by atoms with van der Waals surface area (Å²) in [6, 6.07) is 2.12. The highest BCUT2D eigenvalue weighted by atomic mass is 32.1. The summed E-state index contributed by atoms with van der Waals surface area (Å²) in [6.07, 6.45) is 0.551. The Hall–Kier alpha value is -0.460. The third-order valence-corrected chi connectivity index (χ3v) is 3.02. The molecule has 4 nitrogen and oxygen atoms in total. The van der Waals surface area contributed by atoms with Gasteiger partial charge < -0.3 is 19.9 Å². The number of nitrogens with one attached hydrogen (secondary N) is 1. The molecule has 0 spiro atoms. The molecule has 1 aromatic heterocycles. The first-order chi connectivity index (χ1) is 8.33. The number of thiophene rings is 1. The van der Waals surface area contributed by atoms with Crippen LogP contribution < -0.4 is 5.32 Å². The molecular weight excluding hydrogens is 238 g/mol. The van der Waals surface area contributed by atoms with Crippen molar-refractivity contribution < 1.29 is 14.6 Å². The predicted octanol–water partition coefficient (Wildman–Crippen LogP) is 0.904. The largest absolute Gasteiger partial charge is 0.389 e. The van der Waals surface area contributed by atoms with E-state index < -0.39 is 6.10 Å². The standard InChI is InChI=1S/C12H21NO3S/c1-15-5-6-16-9-12(14)8-13-4-2-11-3-7-17-10-11/h3,7,10,12-14H,2,4-6,8-9H2,1H3. The Morgan fingerprint density at radius 1 is 1.47 bits per heavy atom. The van der Waals surface area contributed by atoms with Gasteiger partial charge in [-0.2, -0.15) is 11.3 Å². The average molecular weight is 259 g/mol. The van der Waals surface area contributed by atoms with Crippen LogP contribution in [0.25, 0.3) is 0 Å². The monoisotopic (exact) mass is 259 g/mol. The van der Waals surface area contributed by atoms with Gasteiger partial charge in [0.2, 0.25) is 0 Å². The van der Waals surface area contributed by atoms with Gasteiger partial charge in [-0.1, -0.05) is 0 Å². The maximum Gasteiger partial charge on any atom is 0.0897 e. The van der Waals surface area contributed by atoms with Gasteiger partial charge in [-0.25, -0.2) is 0 Å². The van der Waals surface area contributed by atoms with Crippen LogP contribution in [0.2, 0.25) is 0 Å². The molecule has 98 valence electrons. The molecule has 2 N–H and O–H groups in total. The minimum absolute atomic E-state index is 0.356. The third kappa shape index (κ3) is 7.46. The number of methoxy groups -OCH3 is 1. The van der Waals surface area contributed by atoms with Gasteiger partial charge in [0, 0.05) is 13.7 Å². The molecule has 0 aliphatic heterocycles. The molecule has 1 atom stereocenters. The molecular formula is C12H21NO3S. The number of rotatable bonds is 10. The molecule has 0 aliphatic carbocycles. The summed E-state index contributed by atoms with van der Waals surface area (Å²) in [4.78, 5) is 0. The second kappa shape index (κ2) is 9.56. The fourth-order valence-electron chi connectivity index (χ4n) is 1.36. The number of hydrogen-bond acceptors (Lipinski definition) is 5. The minimum Gasteiger partial charge on any atom is -0.389 e. The number of ether oxygens (including phenoxy) is 2. The van der Waals surface area contributed by atoms with E-state index in [1.54, 1.807) is 18.4 Å². The van der Waals surface area contributed by atoms with Gasteiger partial charge in [0.15, 0.2) is 0 Å². The molecule has 1 rings (SSSR count). The lowest BCUT2D eigenvalue weighted by Gasteiger charge is -2.11. The Labute approximate surface area is 107 Å². The molecule has 0 saturated heterocycles. The van der Waals surface area contributed by atoms with Crippen LogP contribution in [0.5, 0.6) is 0 Å². The molecule has 1 heterocycles. The van der Waals surface area contributed by atoms with E-state index in [4.69, 9.17) is 9.47 Å². The lowest BCUT2D eigenvalue weighted by Crippen LogP contribution is -2.31. The smallest absolute Gasteiger partial charge is 0.0897 e. The SMILES string of the molecule is COCCOCC(O)CNCCc1ccsc1. The highest BCUT2D eigenvalue weighted by molar-refractivity contribution is 7.07. The van der Waals surface area contributed by atoms with Crippen molar-refractivity contribution in [3.63, 3.8) is 0 Å². The van der Waals surface area contributed by atoms with Crippen molar-refractivity contribution >= 4 is 11.3 Å². The fraction of sp³-hybridized carbons (Fsp3) is 0.667. The van der Waals surface area contributed by atoms with Gasteiger partial charge in [0.25, 0.3) is 0 Å². The molecule has 0 fully saturated rings. The molecule has 17 heavy (non-hydrogen) atoms. The van der Waals surface area contributed by atoms with Crippen molar-refractivity contribution in [3.8, 4) is 0 Å². The maximum atomic E-state index is 9.58. The van der Waals surface area contributed by atoms with E-state index in [1.165, 1.54) is 5.56 Å². The summed E-state index contributed by atoms with van der Waals surface area (Å²) in [5.41, 5.74) is 1.34. The van der Waals surface area contributed by atoms with Crippen LogP contribution in [0.3, 0.4) is 0 Å². The summed E-state index contributed by atoms with van der Waals surface area (Å²) in [7, 11) is 1.63. The molecule has 0 amide bonds. The zero-order valence-electron chi connectivity index (χ0n) is 10.2. The zero-order chi connectivity index (χ0) is 12.3. The number of aliphatic hydroxyl groups is 1. The van der Waals surface area contributed by atoms with Crippen LogP contribution in [0.1, 0.15) is 5.56 Å². The van der Waals surface area contributed by atoms with E-state index >= 15 is 0 Å². The number of aliphatic hydroxyl groups excluding tert-OH is 1.